The first kappa shape index (κ1) is 24.7. The summed E-state index contributed by atoms with van der Waals surface area (Å²) in [4.78, 5) is 12.1. The first-order chi connectivity index (χ1) is 19.0. The number of rotatable bonds is 2. The number of esters is 1. The molecule has 0 radical (unpaired) electrons. The molecule has 40 heavy (non-hydrogen) atoms. The summed E-state index contributed by atoms with van der Waals surface area (Å²) < 4.78 is 24.0. The molecule has 4 aliphatic rings. The van der Waals surface area contributed by atoms with Crippen LogP contribution in [0.15, 0.2) is 42.5 Å². The molecule has 0 unspecified atom stereocenters. The lowest BCUT2D eigenvalue weighted by Crippen LogP contribution is -2.40. The molecule has 11 nitrogen and oxygen atoms in total. The van der Waals surface area contributed by atoms with Gasteiger partial charge in [-0.05, 0) is 23.8 Å². The monoisotopic (exact) mass is 550 g/mol. The fourth-order valence-corrected chi connectivity index (χ4v) is 6.59. The molecule has 0 aliphatic carbocycles. The number of phenols is 5. The van der Waals surface area contributed by atoms with Gasteiger partial charge in [0, 0.05) is 48.1 Å². The number of ether oxygens (including phenoxy) is 4. The van der Waals surface area contributed by atoms with Gasteiger partial charge in [0.05, 0.1) is 12.3 Å². The predicted molar refractivity (Wildman–Crippen MR) is 134 cm³/mol. The van der Waals surface area contributed by atoms with Crippen molar-refractivity contribution in [1.29, 1.82) is 0 Å². The normalized spacial score (nSPS) is 31.7. The van der Waals surface area contributed by atoms with Gasteiger partial charge in [0.1, 0.15) is 47.1 Å². The average Bonchev–Trinajstić information content (AvgIpc) is 3.33. The molecular weight excluding hydrogens is 524 g/mol. The third-order valence-electron chi connectivity index (χ3n) is 8.44. The van der Waals surface area contributed by atoms with Crippen LogP contribution in [-0.4, -0.2) is 60.7 Å². The lowest BCUT2D eigenvalue weighted by Gasteiger charge is -2.40. The molecule has 0 bridgehead atoms. The van der Waals surface area contributed by atoms with Crippen molar-refractivity contribution >= 4 is 5.97 Å². The molecule has 3 aromatic rings. The Hall–Kier alpha value is -4.35. The standard InChI is InChI=1S/C29H26O11/c1-29-15(9-22(35)40-29)28-21(39-29)8-14-17(32)10-19(34)24(27(14)38-28)23-13-4-3-12(30)7-20(13)37-26(25(23)36)11-2-5-16(31)18(33)6-11/h2-7,10,15,21,23,25-26,28,30-34,36H,8-9H2,1H3/t15-,21-,23+,25+,26-,28-,29-/m1/s1. The topological polar surface area (TPSA) is 175 Å². The highest BCUT2D eigenvalue weighted by atomic mass is 16.7. The fraction of sp³-hybridized carbons (Fsp3) is 0.345. The third-order valence-corrected chi connectivity index (χ3v) is 8.44. The molecule has 0 spiro atoms. The number of phenolic OH excluding ortho intramolecular Hbond substituents is 5. The minimum Gasteiger partial charge on any atom is -0.508 e. The lowest BCUT2D eigenvalue weighted by molar-refractivity contribution is -0.206. The van der Waals surface area contributed by atoms with E-state index in [2.05, 4.69) is 0 Å². The van der Waals surface area contributed by atoms with E-state index in [0.29, 0.717) is 16.7 Å². The van der Waals surface area contributed by atoms with Gasteiger partial charge in [0.25, 0.3) is 0 Å². The minimum absolute atomic E-state index is 0.0849. The van der Waals surface area contributed by atoms with Gasteiger partial charge in [-0.3, -0.25) is 4.79 Å². The van der Waals surface area contributed by atoms with Crippen molar-refractivity contribution in [1.82, 2.24) is 0 Å². The van der Waals surface area contributed by atoms with Crippen molar-refractivity contribution in [3.8, 4) is 40.2 Å². The molecule has 0 saturated carbocycles. The summed E-state index contributed by atoms with van der Waals surface area (Å²) >= 11 is 0. The number of carbonyl (C=O) groups excluding carboxylic acids is 1. The second kappa shape index (κ2) is 8.33. The Labute approximate surface area is 227 Å². The van der Waals surface area contributed by atoms with E-state index < -0.39 is 53.8 Å². The highest BCUT2D eigenvalue weighted by Crippen LogP contribution is 2.57. The van der Waals surface area contributed by atoms with Crippen molar-refractivity contribution in [3.63, 3.8) is 0 Å². The second-order valence-electron chi connectivity index (χ2n) is 10.9. The molecule has 4 aliphatic heterocycles. The van der Waals surface area contributed by atoms with Gasteiger partial charge in [-0.1, -0.05) is 12.1 Å². The van der Waals surface area contributed by atoms with Gasteiger partial charge in [0.2, 0.25) is 5.79 Å². The predicted octanol–water partition coefficient (Wildman–Crippen LogP) is 2.82. The summed E-state index contributed by atoms with van der Waals surface area (Å²) in [5.41, 5.74) is 1.31. The molecule has 0 amide bonds. The van der Waals surface area contributed by atoms with Crippen LogP contribution in [0.1, 0.15) is 47.6 Å². The van der Waals surface area contributed by atoms with E-state index in [1.54, 1.807) is 13.0 Å². The number of fused-ring (bicyclic) bond motifs is 5. The number of aromatic hydroxyl groups is 5. The van der Waals surface area contributed by atoms with Crippen molar-refractivity contribution < 1.29 is 54.4 Å². The van der Waals surface area contributed by atoms with E-state index in [0.717, 1.165) is 0 Å². The highest BCUT2D eigenvalue weighted by molar-refractivity contribution is 5.73. The maximum atomic E-state index is 12.1. The largest absolute Gasteiger partial charge is 0.508 e. The zero-order valence-electron chi connectivity index (χ0n) is 21.1. The highest BCUT2D eigenvalue weighted by Gasteiger charge is 2.62. The van der Waals surface area contributed by atoms with E-state index in [1.165, 1.54) is 36.4 Å². The van der Waals surface area contributed by atoms with E-state index in [9.17, 15) is 35.4 Å². The van der Waals surface area contributed by atoms with Gasteiger partial charge in [0.15, 0.2) is 17.6 Å². The Kier molecular flexibility index (Phi) is 5.14. The van der Waals surface area contributed by atoms with Crippen LogP contribution in [0, 0.1) is 5.92 Å². The van der Waals surface area contributed by atoms with Gasteiger partial charge in [-0.15, -0.1) is 0 Å². The lowest BCUT2D eigenvalue weighted by atomic mass is 9.77. The van der Waals surface area contributed by atoms with Gasteiger partial charge in [-0.25, -0.2) is 0 Å². The van der Waals surface area contributed by atoms with Crippen LogP contribution in [-0.2, 0) is 20.7 Å². The van der Waals surface area contributed by atoms with Gasteiger partial charge >= 0.3 is 5.97 Å². The van der Waals surface area contributed by atoms with Crippen LogP contribution in [0.4, 0.5) is 0 Å². The maximum absolute atomic E-state index is 12.1. The van der Waals surface area contributed by atoms with Crippen LogP contribution in [0.2, 0.25) is 0 Å². The Morgan fingerprint density at radius 1 is 0.875 bits per heavy atom. The van der Waals surface area contributed by atoms with Crippen LogP contribution >= 0.6 is 0 Å². The van der Waals surface area contributed by atoms with E-state index in [1.807, 2.05) is 0 Å². The molecule has 2 saturated heterocycles. The molecule has 208 valence electrons. The number of benzene rings is 3. The molecule has 7 atom stereocenters. The van der Waals surface area contributed by atoms with Crippen molar-refractivity contribution in [2.75, 3.05) is 0 Å². The molecule has 7 rings (SSSR count). The Bertz CT molecular complexity index is 1570. The van der Waals surface area contributed by atoms with Crippen molar-refractivity contribution in [2.24, 2.45) is 5.92 Å². The van der Waals surface area contributed by atoms with Crippen molar-refractivity contribution in [3.05, 3.63) is 64.7 Å². The van der Waals surface area contributed by atoms with Gasteiger partial charge < -0.3 is 49.6 Å². The number of aliphatic hydroxyl groups is 1. The summed E-state index contributed by atoms with van der Waals surface area (Å²) in [5, 5.41) is 63.9. The summed E-state index contributed by atoms with van der Waals surface area (Å²) in [6.07, 6.45) is -3.30. The first-order valence-electron chi connectivity index (χ1n) is 12.9. The summed E-state index contributed by atoms with van der Waals surface area (Å²) in [6, 6.07) is 9.54. The third kappa shape index (κ3) is 3.47. The zero-order valence-corrected chi connectivity index (χ0v) is 21.1. The quantitative estimate of drug-likeness (QED) is 0.204. The van der Waals surface area contributed by atoms with Crippen molar-refractivity contribution in [2.45, 2.75) is 55.9 Å². The number of aliphatic hydroxyl groups excluding tert-OH is 1. The average molecular weight is 551 g/mol. The smallest absolute Gasteiger partial charge is 0.308 e. The van der Waals surface area contributed by atoms with Crippen LogP contribution < -0.4 is 9.47 Å². The molecule has 11 heteroatoms. The molecule has 2 fully saturated rings. The summed E-state index contributed by atoms with van der Waals surface area (Å²) in [6.45, 7) is 1.68. The summed E-state index contributed by atoms with van der Waals surface area (Å²) in [7, 11) is 0. The van der Waals surface area contributed by atoms with E-state index in [4.69, 9.17) is 18.9 Å². The van der Waals surface area contributed by atoms with Crippen LogP contribution in [0.25, 0.3) is 0 Å². The molecule has 4 heterocycles. The summed E-state index contributed by atoms with van der Waals surface area (Å²) in [5.74, 6) is -4.03. The second-order valence-corrected chi connectivity index (χ2v) is 10.9. The number of hydrogen-bond acceptors (Lipinski definition) is 11. The van der Waals surface area contributed by atoms with E-state index >= 15 is 0 Å². The Morgan fingerprint density at radius 3 is 2.45 bits per heavy atom. The fourth-order valence-electron chi connectivity index (χ4n) is 6.59. The molecule has 6 N–H and O–H groups in total. The first-order valence-corrected chi connectivity index (χ1v) is 12.9. The van der Waals surface area contributed by atoms with Crippen LogP contribution in [0.3, 0.4) is 0 Å². The van der Waals surface area contributed by atoms with Crippen LogP contribution in [0.5, 0.6) is 40.2 Å². The van der Waals surface area contributed by atoms with Gasteiger partial charge in [-0.2, -0.15) is 0 Å². The number of hydrogen-bond donors (Lipinski definition) is 6. The SMILES string of the molecule is C[C@@]12OC(=O)C[C@@H]1[C@H]1Oc3c(c(O)cc(O)c3[C@@H]3c4ccc(O)cc4O[C@H](c4ccc(O)c(O)c4)[C@H]3O)C[C@H]1O2. The van der Waals surface area contributed by atoms with E-state index in [-0.39, 0.29) is 52.9 Å². The Morgan fingerprint density at radius 2 is 1.68 bits per heavy atom. The molecule has 3 aromatic carbocycles. The molecule has 0 aromatic heterocycles. The number of carbonyl (C=O) groups is 1. The minimum atomic E-state index is -1.36. The maximum Gasteiger partial charge on any atom is 0.308 e. The Balaban J connectivity index is 1.38. The molecular formula is C29H26O11. The zero-order chi connectivity index (χ0) is 28.1.